The number of nitrogens with zero attached hydrogens (tertiary/aromatic N) is 4. The van der Waals surface area contributed by atoms with Crippen molar-refractivity contribution in [3.8, 4) is 5.69 Å². The fourth-order valence-corrected chi connectivity index (χ4v) is 2.83. The van der Waals surface area contributed by atoms with E-state index >= 15 is 0 Å². The molecule has 1 fully saturated rings. The molecule has 116 valence electrons. The van der Waals surface area contributed by atoms with Gasteiger partial charge in [0.05, 0.1) is 0 Å². The summed E-state index contributed by atoms with van der Waals surface area (Å²) in [7, 11) is 0. The normalized spacial score (nSPS) is 21.9. The van der Waals surface area contributed by atoms with Crippen LogP contribution in [-0.2, 0) is 0 Å². The minimum absolute atomic E-state index is 0.149. The van der Waals surface area contributed by atoms with E-state index in [1.807, 2.05) is 13.8 Å². The third-order valence-corrected chi connectivity index (χ3v) is 3.70. The zero-order valence-corrected chi connectivity index (χ0v) is 12.5. The van der Waals surface area contributed by atoms with Crippen LogP contribution in [0.5, 0.6) is 0 Å². The highest BCUT2D eigenvalue weighted by atomic mass is 19.1. The van der Waals surface area contributed by atoms with Gasteiger partial charge in [0.25, 0.3) is 5.91 Å². The maximum absolute atomic E-state index is 14.2. The van der Waals surface area contributed by atoms with Gasteiger partial charge in [0.1, 0.15) is 24.2 Å². The van der Waals surface area contributed by atoms with Crippen molar-refractivity contribution in [1.29, 1.82) is 0 Å². The second kappa shape index (κ2) is 5.84. The second-order valence-electron chi connectivity index (χ2n) is 5.69. The van der Waals surface area contributed by atoms with Crippen molar-refractivity contribution in [2.24, 2.45) is 0 Å². The second-order valence-corrected chi connectivity index (χ2v) is 5.69. The van der Waals surface area contributed by atoms with Crippen LogP contribution in [0.25, 0.3) is 5.69 Å². The zero-order valence-electron chi connectivity index (χ0n) is 12.5. The lowest BCUT2D eigenvalue weighted by Crippen LogP contribution is -2.55. The van der Waals surface area contributed by atoms with Crippen molar-refractivity contribution in [3.63, 3.8) is 0 Å². The van der Waals surface area contributed by atoms with Crippen LogP contribution in [0.4, 0.5) is 4.39 Å². The Morgan fingerprint density at radius 3 is 2.64 bits per heavy atom. The van der Waals surface area contributed by atoms with Crippen LogP contribution in [-0.4, -0.2) is 50.7 Å². The molecule has 0 bridgehead atoms. The summed E-state index contributed by atoms with van der Waals surface area (Å²) in [5.41, 5.74) is 0.624. The molecule has 2 atom stereocenters. The number of rotatable bonds is 2. The predicted octanol–water partition coefficient (Wildman–Crippen LogP) is 1.23. The molecule has 1 aromatic carbocycles. The van der Waals surface area contributed by atoms with Gasteiger partial charge in [-0.05, 0) is 32.0 Å². The molecule has 0 saturated carbocycles. The predicted molar refractivity (Wildman–Crippen MR) is 79.3 cm³/mol. The van der Waals surface area contributed by atoms with Crippen molar-refractivity contribution >= 4 is 5.91 Å². The molecular weight excluding hydrogens is 285 g/mol. The lowest BCUT2D eigenvalue weighted by Gasteiger charge is -2.36. The van der Waals surface area contributed by atoms with Crippen molar-refractivity contribution in [1.82, 2.24) is 25.0 Å². The van der Waals surface area contributed by atoms with Crippen LogP contribution in [0.15, 0.2) is 30.9 Å². The van der Waals surface area contributed by atoms with E-state index in [2.05, 4.69) is 15.4 Å². The Morgan fingerprint density at radius 2 is 2.05 bits per heavy atom. The number of nitrogens with one attached hydrogen (secondary N) is 1. The number of carbonyl (C=O) groups is 1. The van der Waals surface area contributed by atoms with Gasteiger partial charge >= 0.3 is 0 Å². The smallest absolute Gasteiger partial charge is 0.254 e. The molecule has 7 heteroatoms. The summed E-state index contributed by atoms with van der Waals surface area (Å²) >= 11 is 0. The van der Waals surface area contributed by atoms with Crippen LogP contribution in [0.3, 0.4) is 0 Å². The molecule has 1 N–H and O–H groups in total. The van der Waals surface area contributed by atoms with E-state index < -0.39 is 5.82 Å². The molecule has 1 amide bonds. The first-order valence-electron chi connectivity index (χ1n) is 7.24. The minimum atomic E-state index is -0.493. The summed E-state index contributed by atoms with van der Waals surface area (Å²) in [6, 6.07) is 4.89. The number of halogens is 1. The maximum atomic E-state index is 14.2. The lowest BCUT2D eigenvalue weighted by molar-refractivity contribution is 0.0673. The first-order valence-corrected chi connectivity index (χ1v) is 7.24. The van der Waals surface area contributed by atoms with E-state index in [4.69, 9.17) is 0 Å². The van der Waals surface area contributed by atoms with Gasteiger partial charge in [-0.25, -0.2) is 14.1 Å². The SMILES string of the molecule is C[C@H]1CN(C(=O)c2ccc(-n3cncn3)c(F)c2)C[C@H](C)N1. The highest BCUT2D eigenvalue weighted by Crippen LogP contribution is 2.17. The number of piperazine rings is 1. The van der Waals surface area contributed by atoms with E-state index in [1.165, 1.54) is 23.4 Å². The molecule has 1 aliphatic rings. The molecular formula is C15H18FN5O. The average Bonchev–Trinajstić information content (AvgIpc) is 2.99. The highest BCUT2D eigenvalue weighted by molar-refractivity contribution is 5.94. The van der Waals surface area contributed by atoms with Gasteiger partial charge in [-0.1, -0.05) is 0 Å². The molecule has 1 aromatic heterocycles. The fraction of sp³-hybridized carbons (Fsp3) is 0.400. The number of carbonyl (C=O) groups excluding carboxylic acids is 1. The Kier molecular flexibility index (Phi) is 3.89. The standard InChI is InChI=1S/C15H18FN5O/c1-10-6-20(7-11(2)19-10)15(22)12-3-4-14(13(16)5-12)21-9-17-8-18-21/h3-5,8-11,19H,6-7H2,1-2H3/t10-,11-/m0/s1. The van der Waals surface area contributed by atoms with Gasteiger partial charge < -0.3 is 10.2 Å². The molecule has 0 spiro atoms. The topological polar surface area (TPSA) is 63.1 Å². The van der Waals surface area contributed by atoms with Gasteiger partial charge in [-0.2, -0.15) is 5.10 Å². The fourth-order valence-electron chi connectivity index (χ4n) is 2.83. The first kappa shape index (κ1) is 14.6. The zero-order chi connectivity index (χ0) is 15.7. The first-order chi connectivity index (χ1) is 10.5. The van der Waals surface area contributed by atoms with Crippen LogP contribution >= 0.6 is 0 Å². The minimum Gasteiger partial charge on any atom is -0.336 e. The van der Waals surface area contributed by atoms with Gasteiger partial charge in [0, 0.05) is 30.7 Å². The van der Waals surface area contributed by atoms with Gasteiger partial charge in [0.15, 0.2) is 0 Å². The summed E-state index contributed by atoms with van der Waals surface area (Å²) in [4.78, 5) is 18.1. The third kappa shape index (κ3) is 2.85. The van der Waals surface area contributed by atoms with E-state index in [0.717, 1.165) is 0 Å². The average molecular weight is 303 g/mol. The summed E-state index contributed by atoms with van der Waals surface area (Å²) in [5.74, 6) is -0.642. The Morgan fingerprint density at radius 1 is 1.32 bits per heavy atom. The Balaban J connectivity index is 1.83. The van der Waals surface area contributed by atoms with Gasteiger partial charge in [-0.15, -0.1) is 0 Å². The molecule has 3 rings (SSSR count). The number of aromatic nitrogens is 3. The van der Waals surface area contributed by atoms with Crippen LogP contribution in [0.1, 0.15) is 24.2 Å². The van der Waals surface area contributed by atoms with Crippen LogP contribution in [0, 0.1) is 5.82 Å². The molecule has 6 nitrogen and oxygen atoms in total. The summed E-state index contributed by atoms with van der Waals surface area (Å²) in [6.07, 6.45) is 2.75. The maximum Gasteiger partial charge on any atom is 0.254 e. The van der Waals surface area contributed by atoms with E-state index in [0.29, 0.717) is 18.7 Å². The van der Waals surface area contributed by atoms with E-state index in [9.17, 15) is 9.18 Å². The number of benzene rings is 1. The van der Waals surface area contributed by atoms with Crippen molar-refractivity contribution in [2.45, 2.75) is 25.9 Å². The molecule has 2 aromatic rings. The Bertz CT molecular complexity index is 663. The largest absolute Gasteiger partial charge is 0.336 e. The van der Waals surface area contributed by atoms with Crippen LogP contribution < -0.4 is 5.32 Å². The monoisotopic (exact) mass is 303 g/mol. The molecule has 2 heterocycles. The van der Waals surface area contributed by atoms with Crippen LogP contribution in [0.2, 0.25) is 0 Å². The quantitative estimate of drug-likeness (QED) is 0.906. The number of hydrogen-bond donors (Lipinski definition) is 1. The summed E-state index contributed by atoms with van der Waals surface area (Å²) in [6.45, 7) is 5.31. The Hall–Kier alpha value is -2.28. The van der Waals surface area contributed by atoms with Gasteiger partial charge in [0.2, 0.25) is 0 Å². The summed E-state index contributed by atoms with van der Waals surface area (Å²) < 4.78 is 15.6. The molecule has 0 unspecified atom stereocenters. The van der Waals surface area contributed by atoms with Crippen molar-refractivity contribution in [3.05, 3.63) is 42.2 Å². The summed E-state index contributed by atoms with van der Waals surface area (Å²) in [5, 5.41) is 7.26. The molecule has 0 radical (unpaired) electrons. The van der Waals surface area contributed by atoms with E-state index in [-0.39, 0.29) is 23.7 Å². The Labute approximate surface area is 128 Å². The molecule has 1 aliphatic heterocycles. The van der Waals surface area contributed by atoms with E-state index in [1.54, 1.807) is 17.0 Å². The third-order valence-electron chi connectivity index (χ3n) is 3.70. The van der Waals surface area contributed by atoms with Crippen molar-refractivity contribution < 1.29 is 9.18 Å². The highest BCUT2D eigenvalue weighted by Gasteiger charge is 2.26. The molecule has 0 aliphatic carbocycles. The lowest BCUT2D eigenvalue weighted by atomic mass is 10.1. The van der Waals surface area contributed by atoms with Crippen molar-refractivity contribution in [2.75, 3.05) is 13.1 Å². The molecule has 1 saturated heterocycles. The molecule has 22 heavy (non-hydrogen) atoms. The number of amides is 1. The number of hydrogen-bond acceptors (Lipinski definition) is 4. The van der Waals surface area contributed by atoms with Gasteiger partial charge in [-0.3, -0.25) is 4.79 Å².